The molecule has 0 heterocycles. The zero-order chi connectivity index (χ0) is 33.7. The van der Waals surface area contributed by atoms with Gasteiger partial charge in [0, 0.05) is 31.6 Å². The normalized spacial score (nSPS) is 13.9. The van der Waals surface area contributed by atoms with Gasteiger partial charge in [-0.1, -0.05) is 197 Å². The lowest BCUT2D eigenvalue weighted by molar-refractivity contribution is 0.575. The molecule has 0 bridgehead atoms. The molecule has 5 rings (SSSR count). The molecule has 0 amide bonds. The van der Waals surface area contributed by atoms with Gasteiger partial charge in [0.15, 0.2) is 0 Å². The zero-order valence-corrected chi connectivity index (χ0v) is 31.9. The summed E-state index contributed by atoms with van der Waals surface area (Å²) in [6.45, 7) is 28.3. The second-order valence-corrected chi connectivity index (χ2v) is 19.0. The van der Waals surface area contributed by atoms with Crippen molar-refractivity contribution in [2.45, 2.75) is 105 Å². The van der Waals surface area contributed by atoms with Crippen LogP contribution in [0.25, 0.3) is 22.3 Å². The molecule has 0 unspecified atom stereocenters. The minimum atomic E-state index is 0.0307. The summed E-state index contributed by atoms with van der Waals surface area (Å²) in [5, 5.41) is 2.93. The van der Waals surface area contributed by atoms with Crippen molar-refractivity contribution in [2.75, 3.05) is 0 Å². The quantitative estimate of drug-likeness (QED) is 0.171. The molecular formula is C44H52P2. The molecule has 0 spiro atoms. The molecule has 0 aromatic heterocycles. The van der Waals surface area contributed by atoms with Gasteiger partial charge in [0.25, 0.3) is 0 Å². The van der Waals surface area contributed by atoms with Gasteiger partial charge in [-0.3, -0.25) is 0 Å². The van der Waals surface area contributed by atoms with Gasteiger partial charge < -0.3 is 0 Å². The molecular weight excluding hydrogens is 590 g/mol. The Morgan fingerprint density at radius 3 is 0.826 bits per heavy atom. The third-order valence-corrected chi connectivity index (χ3v) is 11.8. The van der Waals surface area contributed by atoms with Crippen LogP contribution in [0.2, 0.25) is 0 Å². The topological polar surface area (TPSA) is 0 Å². The van der Waals surface area contributed by atoms with E-state index in [1.807, 2.05) is 0 Å². The van der Waals surface area contributed by atoms with Crippen molar-refractivity contribution < 1.29 is 0 Å². The number of benzene rings is 4. The average Bonchev–Trinajstić information content (AvgIpc) is 2.96. The third kappa shape index (κ3) is 6.96. The molecule has 0 aliphatic heterocycles. The summed E-state index contributed by atoms with van der Waals surface area (Å²) in [6.07, 6.45) is 0. The lowest BCUT2D eigenvalue weighted by Crippen LogP contribution is -2.27. The molecule has 2 heteroatoms. The van der Waals surface area contributed by atoms with E-state index in [2.05, 4.69) is 180 Å². The molecule has 0 saturated heterocycles. The first-order chi connectivity index (χ1) is 21.4. The fourth-order valence-electron chi connectivity index (χ4n) is 6.37. The number of hydrogen-bond acceptors (Lipinski definition) is 0. The second-order valence-electron chi connectivity index (χ2n) is 16.8. The summed E-state index contributed by atoms with van der Waals surface area (Å²) in [5.41, 5.74) is 11.3. The summed E-state index contributed by atoms with van der Waals surface area (Å²) in [5.74, 6) is 0. The van der Waals surface area contributed by atoms with Gasteiger partial charge >= 0.3 is 0 Å². The van der Waals surface area contributed by atoms with Crippen molar-refractivity contribution in [3.8, 4) is 22.3 Å². The molecule has 0 nitrogen and oxygen atoms in total. The maximum Gasteiger partial charge on any atom is 0.0234 e. The van der Waals surface area contributed by atoms with E-state index < -0.39 is 0 Å². The van der Waals surface area contributed by atoms with Gasteiger partial charge in [-0.25, -0.2) is 0 Å². The minimum Gasteiger partial charge on any atom is -0.0622 e. The molecule has 0 radical (unpaired) electrons. The molecule has 0 fully saturated rings. The highest BCUT2D eigenvalue weighted by molar-refractivity contribution is 7.42. The SMILES string of the molecule is CC(C)(C)c1cccc(C(C)(C)C)c1P=c1c(-c2ccccc2)c(-c2ccccc2)c1=Pc1c(C(C)(C)C)cccc1C(C)(C)C. The Balaban J connectivity index is 2.04. The Morgan fingerprint density at radius 1 is 0.326 bits per heavy atom. The maximum atomic E-state index is 2.37. The van der Waals surface area contributed by atoms with Crippen LogP contribution in [0.15, 0.2) is 97.1 Å². The Bertz CT molecular complexity index is 1730. The smallest absolute Gasteiger partial charge is 0.0234 e. The Morgan fingerprint density at radius 2 is 0.587 bits per heavy atom. The van der Waals surface area contributed by atoms with Gasteiger partial charge in [0.1, 0.15) is 0 Å². The largest absolute Gasteiger partial charge is 0.0622 e. The van der Waals surface area contributed by atoms with E-state index in [-0.39, 0.29) is 21.7 Å². The fraction of sp³-hybridized carbons (Fsp3) is 0.364. The molecule has 0 aliphatic carbocycles. The first kappa shape index (κ1) is 34.3. The van der Waals surface area contributed by atoms with Crippen LogP contribution in [0.5, 0.6) is 0 Å². The third-order valence-electron chi connectivity index (χ3n) is 8.82. The zero-order valence-electron chi connectivity index (χ0n) is 30.1. The summed E-state index contributed by atoms with van der Waals surface area (Å²) >= 11 is 0. The van der Waals surface area contributed by atoms with Gasteiger partial charge in [-0.2, -0.15) is 0 Å². The molecule has 46 heavy (non-hydrogen) atoms. The maximum absolute atomic E-state index is 2.37. The summed E-state index contributed by atoms with van der Waals surface area (Å²) in [6, 6.07) is 36.2. The summed E-state index contributed by atoms with van der Waals surface area (Å²) in [4.78, 5) is 2.91. The molecule has 0 N–H and O–H groups in total. The molecule has 0 aliphatic rings. The van der Waals surface area contributed by atoms with Crippen LogP contribution in [0.1, 0.15) is 105 Å². The standard InChI is InChI=1S/C44H52P2/c1-41(2,3)31-25-19-26-32(42(4,5)6)37(31)45-39-35(29-21-15-13-16-22-29)36(30-23-17-14-18-24-30)40(39)46-38-33(43(7,8)9)27-20-28-34(38)44(10,11)12/h13-28H,1-12H3. The second kappa shape index (κ2) is 12.5. The van der Waals surface area contributed by atoms with E-state index >= 15 is 0 Å². The van der Waals surface area contributed by atoms with E-state index in [0.717, 1.165) is 0 Å². The number of hydrogen-bond donors (Lipinski definition) is 0. The first-order valence-electron chi connectivity index (χ1n) is 16.7. The highest BCUT2D eigenvalue weighted by Gasteiger charge is 2.28. The average molecular weight is 643 g/mol. The van der Waals surface area contributed by atoms with E-state index in [4.69, 9.17) is 0 Å². The predicted molar refractivity (Wildman–Crippen MR) is 207 cm³/mol. The number of rotatable bonds is 4. The van der Waals surface area contributed by atoms with Crippen molar-refractivity contribution in [3.05, 3.63) is 129 Å². The van der Waals surface area contributed by atoms with Crippen LogP contribution in [0, 0.1) is 9.88 Å². The molecule has 0 saturated carbocycles. The van der Waals surface area contributed by atoms with Crippen molar-refractivity contribution in [1.82, 2.24) is 0 Å². The van der Waals surface area contributed by atoms with Crippen LogP contribution in [0.4, 0.5) is 0 Å². The lowest BCUT2D eigenvalue weighted by Gasteiger charge is -2.30. The molecule has 0 atom stereocenters. The van der Waals surface area contributed by atoms with E-state index in [1.54, 1.807) is 0 Å². The van der Waals surface area contributed by atoms with Crippen molar-refractivity contribution >= 4 is 27.0 Å². The highest BCUT2D eigenvalue weighted by Crippen LogP contribution is 2.45. The van der Waals surface area contributed by atoms with Crippen LogP contribution in [-0.4, -0.2) is 0 Å². The highest BCUT2D eigenvalue weighted by atomic mass is 31.1. The fourth-order valence-corrected chi connectivity index (χ4v) is 10.4. The van der Waals surface area contributed by atoms with Gasteiger partial charge in [-0.05, 0) is 55.0 Å². The van der Waals surface area contributed by atoms with E-state index in [9.17, 15) is 0 Å². The van der Waals surface area contributed by atoms with Crippen LogP contribution < -0.4 is 10.6 Å². The summed E-state index contributed by atoms with van der Waals surface area (Å²) in [7, 11) is 2.57. The van der Waals surface area contributed by atoms with Gasteiger partial charge in [-0.15, -0.1) is 0 Å². The van der Waals surface area contributed by atoms with Gasteiger partial charge in [0.2, 0.25) is 0 Å². The first-order valence-corrected chi connectivity index (χ1v) is 18.5. The van der Waals surface area contributed by atoms with Crippen molar-refractivity contribution in [2.24, 2.45) is 0 Å². The Hall–Kier alpha value is -3.04. The summed E-state index contributed by atoms with van der Waals surface area (Å²) < 4.78 is 0. The van der Waals surface area contributed by atoms with Crippen LogP contribution in [0.3, 0.4) is 0 Å². The van der Waals surface area contributed by atoms with E-state index in [1.165, 1.54) is 81.4 Å². The van der Waals surface area contributed by atoms with Gasteiger partial charge in [0.05, 0.1) is 0 Å². The molecule has 5 aromatic carbocycles. The predicted octanol–water partition coefficient (Wildman–Crippen LogP) is 12.7. The van der Waals surface area contributed by atoms with Crippen molar-refractivity contribution in [1.29, 1.82) is 0 Å². The van der Waals surface area contributed by atoms with Crippen LogP contribution in [-0.2, 0) is 21.7 Å². The van der Waals surface area contributed by atoms with Crippen LogP contribution >= 0.6 is 16.4 Å². The molecule has 238 valence electrons. The Kier molecular flexibility index (Phi) is 9.34. The monoisotopic (exact) mass is 642 g/mol. The van der Waals surface area contributed by atoms with E-state index in [0.29, 0.717) is 0 Å². The minimum absolute atomic E-state index is 0.0307. The molecule has 5 aromatic rings. The Labute approximate surface area is 282 Å². The lowest BCUT2D eigenvalue weighted by atomic mass is 9.80. The van der Waals surface area contributed by atoms with Crippen molar-refractivity contribution in [3.63, 3.8) is 0 Å².